The Hall–Kier alpha value is -1.62. The molecule has 0 aromatic carbocycles. The molecule has 3 heterocycles. The molecular weight excluding hydrogens is 204 g/mol. The van der Waals surface area contributed by atoms with E-state index in [1.165, 1.54) is 0 Å². The summed E-state index contributed by atoms with van der Waals surface area (Å²) in [6.07, 6.45) is 2.84. The van der Waals surface area contributed by atoms with Crippen molar-refractivity contribution in [3.63, 3.8) is 0 Å². The molecule has 5 heteroatoms. The molecule has 2 aromatic rings. The summed E-state index contributed by atoms with van der Waals surface area (Å²) in [6, 6.07) is 4.41. The second kappa shape index (κ2) is 3.75. The number of nitrogens with two attached hydrogens (primary N) is 1. The molecule has 1 aliphatic heterocycles. The van der Waals surface area contributed by atoms with Crippen LogP contribution in [-0.4, -0.2) is 29.6 Å². The Kier molecular flexibility index (Phi) is 2.25. The third-order valence-electron chi connectivity index (χ3n) is 3.04. The zero-order valence-corrected chi connectivity index (χ0v) is 8.97. The highest BCUT2D eigenvalue weighted by molar-refractivity contribution is 5.69. The molecule has 0 radical (unpaired) electrons. The predicted octanol–water partition coefficient (Wildman–Crippen LogP) is 1.01. The molecule has 0 amide bonds. The Labute approximate surface area is 93.3 Å². The Morgan fingerprint density at radius 2 is 2.50 bits per heavy atom. The van der Waals surface area contributed by atoms with Crippen LogP contribution in [0.4, 0.5) is 6.01 Å². The van der Waals surface area contributed by atoms with Crippen LogP contribution in [-0.2, 0) is 0 Å². The molecule has 84 valence electrons. The lowest BCUT2D eigenvalue weighted by Crippen LogP contribution is -2.22. The first-order valence-electron chi connectivity index (χ1n) is 5.53. The average Bonchev–Trinajstić information content (AvgIpc) is 2.95. The Balaban J connectivity index is 1.89. The van der Waals surface area contributed by atoms with E-state index in [9.17, 15) is 0 Å². The van der Waals surface area contributed by atoms with Gasteiger partial charge >= 0.3 is 0 Å². The fourth-order valence-electron chi connectivity index (χ4n) is 2.09. The molecule has 1 atom stereocenters. The summed E-state index contributed by atoms with van der Waals surface area (Å²) < 4.78 is 5.66. The van der Waals surface area contributed by atoms with Crippen LogP contribution in [0.15, 0.2) is 22.7 Å². The fourth-order valence-corrected chi connectivity index (χ4v) is 2.09. The molecule has 1 aliphatic rings. The molecule has 16 heavy (non-hydrogen) atoms. The minimum Gasteiger partial charge on any atom is -0.422 e. The van der Waals surface area contributed by atoms with Crippen LogP contribution in [0.5, 0.6) is 0 Å². The molecule has 5 nitrogen and oxygen atoms in total. The van der Waals surface area contributed by atoms with E-state index < -0.39 is 0 Å². The van der Waals surface area contributed by atoms with Gasteiger partial charge in [-0.3, -0.25) is 0 Å². The normalized spacial score (nSPS) is 20.8. The number of oxazole rings is 1. The number of hydrogen-bond donors (Lipinski definition) is 1. The van der Waals surface area contributed by atoms with Gasteiger partial charge in [0.15, 0.2) is 5.58 Å². The second-order valence-corrected chi connectivity index (χ2v) is 4.16. The van der Waals surface area contributed by atoms with Crippen LogP contribution in [0.3, 0.4) is 0 Å². The molecule has 0 saturated carbocycles. The van der Waals surface area contributed by atoms with Crippen LogP contribution >= 0.6 is 0 Å². The summed E-state index contributed by atoms with van der Waals surface area (Å²) in [7, 11) is 0. The van der Waals surface area contributed by atoms with Crippen LogP contribution in [0.1, 0.15) is 6.42 Å². The summed E-state index contributed by atoms with van der Waals surface area (Å²) in [4.78, 5) is 10.7. The minimum atomic E-state index is 0.558. The smallest absolute Gasteiger partial charge is 0.299 e. The first kappa shape index (κ1) is 9.59. The number of fused-ring (bicyclic) bond motifs is 1. The molecule has 0 bridgehead atoms. The third kappa shape index (κ3) is 1.53. The maximum Gasteiger partial charge on any atom is 0.299 e. The first-order valence-corrected chi connectivity index (χ1v) is 5.53. The lowest BCUT2D eigenvalue weighted by molar-refractivity contribution is 0.569. The Morgan fingerprint density at radius 3 is 3.25 bits per heavy atom. The zero-order valence-electron chi connectivity index (χ0n) is 8.97. The number of rotatable bonds is 2. The molecule has 1 saturated heterocycles. The van der Waals surface area contributed by atoms with Crippen LogP contribution < -0.4 is 10.6 Å². The van der Waals surface area contributed by atoms with Crippen molar-refractivity contribution in [1.29, 1.82) is 0 Å². The molecule has 0 spiro atoms. The average molecular weight is 218 g/mol. The second-order valence-electron chi connectivity index (χ2n) is 4.16. The molecule has 1 fully saturated rings. The van der Waals surface area contributed by atoms with Crippen LogP contribution in [0.25, 0.3) is 11.2 Å². The van der Waals surface area contributed by atoms with E-state index >= 15 is 0 Å². The SMILES string of the molecule is NC[C@H]1CCN(c2nc3ncccc3o2)C1. The topological polar surface area (TPSA) is 68.2 Å². The van der Waals surface area contributed by atoms with Gasteiger partial charge in [-0.1, -0.05) is 0 Å². The first-order chi connectivity index (χ1) is 7.86. The van der Waals surface area contributed by atoms with E-state index in [1.54, 1.807) is 6.20 Å². The largest absolute Gasteiger partial charge is 0.422 e. The summed E-state index contributed by atoms with van der Waals surface area (Å²) >= 11 is 0. The van der Waals surface area contributed by atoms with Crippen molar-refractivity contribution in [2.75, 3.05) is 24.5 Å². The highest BCUT2D eigenvalue weighted by Gasteiger charge is 2.24. The number of hydrogen-bond acceptors (Lipinski definition) is 5. The van der Waals surface area contributed by atoms with Crippen molar-refractivity contribution < 1.29 is 4.42 Å². The van der Waals surface area contributed by atoms with Gasteiger partial charge in [-0.05, 0) is 31.0 Å². The summed E-state index contributed by atoms with van der Waals surface area (Å²) in [5.41, 5.74) is 7.08. The lowest BCUT2D eigenvalue weighted by Gasteiger charge is -2.12. The van der Waals surface area contributed by atoms with Gasteiger partial charge in [0.2, 0.25) is 5.65 Å². The monoisotopic (exact) mass is 218 g/mol. The molecule has 3 rings (SSSR count). The van der Waals surface area contributed by atoms with E-state index in [-0.39, 0.29) is 0 Å². The van der Waals surface area contributed by atoms with Gasteiger partial charge in [-0.25, -0.2) is 4.98 Å². The highest BCUT2D eigenvalue weighted by Crippen LogP contribution is 2.25. The van der Waals surface area contributed by atoms with Gasteiger partial charge in [0.1, 0.15) is 0 Å². The van der Waals surface area contributed by atoms with E-state index in [0.29, 0.717) is 17.6 Å². The fraction of sp³-hybridized carbons (Fsp3) is 0.455. The highest BCUT2D eigenvalue weighted by atomic mass is 16.4. The van der Waals surface area contributed by atoms with Gasteiger partial charge < -0.3 is 15.1 Å². The summed E-state index contributed by atoms with van der Waals surface area (Å²) in [5, 5.41) is 0. The lowest BCUT2D eigenvalue weighted by atomic mass is 10.1. The summed E-state index contributed by atoms with van der Waals surface area (Å²) in [5.74, 6) is 0.558. The van der Waals surface area contributed by atoms with E-state index in [0.717, 1.165) is 31.6 Å². The van der Waals surface area contributed by atoms with Gasteiger partial charge in [0.05, 0.1) is 0 Å². The number of pyridine rings is 1. The van der Waals surface area contributed by atoms with Crippen molar-refractivity contribution in [2.24, 2.45) is 11.7 Å². The molecule has 2 aromatic heterocycles. The van der Waals surface area contributed by atoms with Crippen molar-refractivity contribution in [3.05, 3.63) is 18.3 Å². The van der Waals surface area contributed by atoms with Crippen molar-refractivity contribution in [1.82, 2.24) is 9.97 Å². The molecule has 2 N–H and O–H groups in total. The zero-order chi connectivity index (χ0) is 11.0. The van der Waals surface area contributed by atoms with Crippen molar-refractivity contribution >= 4 is 17.2 Å². The predicted molar refractivity (Wildman–Crippen MR) is 61.2 cm³/mol. The Morgan fingerprint density at radius 1 is 1.56 bits per heavy atom. The summed E-state index contributed by atoms with van der Waals surface area (Å²) in [6.45, 7) is 2.63. The number of nitrogens with zero attached hydrogens (tertiary/aromatic N) is 3. The maximum atomic E-state index is 5.66. The maximum absolute atomic E-state index is 5.66. The Bertz CT molecular complexity index is 462. The van der Waals surface area contributed by atoms with E-state index in [2.05, 4.69) is 14.9 Å². The van der Waals surface area contributed by atoms with Gasteiger partial charge in [0.25, 0.3) is 6.01 Å². The van der Waals surface area contributed by atoms with Crippen molar-refractivity contribution in [3.8, 4) is 0 Å². The standard InChI is InChI=1S/C11H14N4O/c12-6-8-3-5-15(7-8)11-14-10-9(16-11)2-1-4-13-10/h1-2,4,8H,3,5-7,12H2/t8-/m1/s1. The molecule has 0 aliphatic carbocycles. The number of aromatic nitrogens is 2. The quantitative estimate of drug-likeness (QED) is 0.814. The van der Waals surface area contributed by atoms with E-state index in [4.69, 9.17) is 10.2 Å². The molecular formula is C11H14N4O. The van der Waals surface area contributed by atoms with Crippen LogP contribution in [0.2, 0.25) is 0 Å². The van der Waals surface area contributed by atoms with Gasteiger partial charge in [0, 0.05) is 19.3 Å². The number of anilines is 1. The molecule has 0 unspecified atom stereocenters. The third-order valence-corrected chi connectivity index (χ3v) is 3.04. The van der Waals surface area contributed by atoms with Crippen LogP contribution in [0, 0.1) is 5.92 Å². The van der Waals surface area contributed by atoms with Gasteiger partial charge in [-0.2, -0.15) is 4.98 Å². The van der Waals surface area contributed by atoms with Crippen molar-refractivity contribution in [2.45, 2.75) is 6.42 Å². The van der Waals surface area contributed by atoms with E-state index in [1.807, 2.05) is 12.1 Å². The van der Waals surface area contributed by atoms with Gasteiger partial charge in [-0.15, -0.1) is 0 Å². The minimum absolute atomic E-state index is 0.558.